The zero-order valence-corrected chi connectivity index (χ0v) is 14.9. The van der Waals surface area contributed by atoms with Gasteiger partial charge in [-0.1, -0.05) is 23.8 Å². The highest BCUT2D eigenvalue weighted by molar-refractivity contribution is 7.17. The van der Waals surface area contributed by atoms with Crippen molar-refractivity contribution in [2.75, 3.05) is 13.1 Å². The maximum absolute atomic E-state index is 10.7. The summed E-state index contributed by atoms with van der Waals surface area (Å²) in [5.41, 5.74) is 0.971. The van der Waals surface area contributed by atoms with E-state index in [4.69, 9.17) is 0 Å². The first-order valence-electron chi connectivity index (χ1n) is 8.55. The van der Waals surface area contributed by atoms with Crippen molar-refractivity contribution in [3.63, 3.8) is 0 Å². The number of piperidine rings is 1. The van der Waals surface area contributed by atoms with Gasteiger partial charge < -0.3 is 0 Å². The molecular formula is C17H18N6O2S. The zero-order valence-electron chi connectivity index (χ0n) is 14.1. The Balaban J connectivity index is 1.49. The number of benzene rings is 1. The molecule has 2 aromatic heterocycles. The first-order valence-corrected chi connectivity index (χ1v) is 9.37. The Labute approximate surface area is 153 Å². The highest BCUT2D eigenvalue weighted by Gasteiger charge is 2.16. The van der Waals surface area contributed by atoms with E-state index in [0.717, 1.165) is 41.0 Å². The lowest BCUT2D eigenvalue weighted by Gasteiger charge is -2.25. The van der Waals surface area contributed by atoms with Crippen LogP contribution >= 0.6 is 11.3 Å². The highest BCUT2D eigenvalue weighted by Crippen LogP contribution is 2.19. The number of nitro groups is 1. The van der Waals surface area contributed by atoms with Gasteiger partial charge in [-0.15, -0.1) is 10.2 Å². The van der Waals surface area contributed by atoms with Crippen molar-refractivity contribution in [3.8, 4) is 0 Å². The summed E-state index contributed by atoms with van der Waals surface area (Å²) < 4.78 is 1.81. The summed E-state index contributed by atoms with van der Waals surface area (Å²) in [5, 5.41) is 24.6. The molecule has 1 aromatic carbocycles. The van der Waals surface area contributed by atoms with E-state index in [0.29, 0.717) is 0 Å². The summed E-state index contributed by atoms with van der Waals surface area (Å²) >= 11 is 1.47. The quantitative estimate of drug-likeness (QED) is 0.506. The van der Waals surface area contributed by atoms with Gasteiger partial charge in [0.05, 0.1) is 11.5 Å². The predicted molar refractivity (Wildman–Crippen MR) is 99.8 cm³/mol. The minimum atomic E-state index is -0.403. The van der Waals surface area contributed by atoms with Crippen LogP contribution in [0, 0.1) is 10.1 Å². The van der Waals surface area contributed by atoms with E-state index in [9.17, 15) is 10.1 Å². The SMILES string of the molecule is O=[N+]([O-])c1ccc(/C=C/c2nn3c(CN4CCCCC4)nnc3s2)cc1. The minimum absolute atomic E-state index is 0.0864. The second-order valence-electron chi connectivity index (χ2n) is 6.27. The van der Waals surface area contributed by atoms with E-state index in [1.54, 1.807) is 12.1 Å². The summed E-state index contributed by atoms with van der Waals surface area (Å²) in [4.78, 5) is 13.5. The molecule has 4 rings (SSSR count). The van der Waals surface area contributed by atoms with Crippen LogP contribution < -0.4 is 0 Å². The molecule has 3 heterocycles. The molecule has 1 fully saturated rings. The van der Waals surface area contributed by atoms with Crippen molar-refractivity contribution in [3.05, 3.63) is 50.8 Å². The monoisotopic (exact) mass is 370 g/mol. The molecule has 0 radical (unpaired) electrons. The van der Waals surface area contributed by atoms with Crippen LogP contribution in [-0.2, 0) is 6.54 Å². The smallest absolute Gasteiger partial charge is 0.269 e. The van der Waals surface area contributed by atoms with Gasteiger partial charge in [-0.25, -0.2) is 0 Å². The summed E-state index contributed by atoms with van der Waals surface area (Å²) in [7, 11) is 0. The average Bonchev–Trinajstić information content (AvgIpc) is 3.23. The molecule has 1 aliphatic heterocycles. The lowest BCUT2D eigenvalue weighted by atomic mass is 10.1. The highest BCUT2D eigenvalue weighted by atomic mass is 32.1. The molecule has 0 aliphatic carbocycles. The normalized spacial score (nSPS) is 15.8. The summed E-state index contributed by atoms with van der Waals surface area (Å²) in [6.07, 6.45) is 7.56. The number of fused-ring (bicyclic) bond motifs is 1. The van der Waals surface area contributed by atoms with E-state index in [-0.39, 0.29) is 5.69 Å². The Bertz CT molecular complexity index is 940. The molecule has 0 atom stereocenters. The van der Waals surface area contributed by atoms with E-state index in [1.807, 2.05) is 16.7 Å². The van der Waals surface area contributed by atoms with Gasteiger partial charge in [0.1, 0.15) is 5.01 Å². The molecule has 26 heavy (non-hydrogen) atoms. The van der Waals surface area contributed by atoms with Crippen molar-refractivity contribution < 1.29 is 4.92 Å². The molecule has 0 unspecified atom stereocenters. The average molecular weight is 370 g/mol. The Morgan fingerprint density at radius 3 is 2.62 bits per heavy atom. The van der Waals surface area contributed by atoms with Crippen LogP contribution in [0.4, 0.5) is 5.69 Å². The van der Waals surface area contributed by atoms with Gasteiger partial charge in [-0.05, 0) is 49.7 Å². The first-order chi connectivity index (χ1) is 12.7. The van der Waals surface area contributed by atoms with Gasteiger partial charge in [0.15, 0.2) is 5.82 Å². The summed E-state index contributed by atoms with van der Waals surface area (Å²) in [6.45, 7) is 2.98. The topological polar surface area (TPSA) is 89.5 Å². The number of nitro benzene ring substituents is 1. The van der Waals surface area contributed by atoms with Crippen molar-refractivity contribution in [1.82, 2.24) is 24.7 Å². The first kappa shape index (κ1) is 16.8. The van der Waals surface area contributed by atoms with Crippen LogP contribution in [-0.4, -0.2) is 42.7 Å². The fourth-order valence-electron chi connectivity index (χ4n) is 3.03. The van der Waals surface area contributed by atoms with Crippen LogP contribution in [0.2, 0.25) is 0 Å². The van der Waals surface area contributed by atoms with E-state index in [2.05, 4.69) is 20.2 Å². The molecule has 0 N–H and O–H groups in total. The third kappa shape index (κ3) is 3.63. The second-order valence-corrected chi connectivity index (χ2v) is 7.26. The second kappa shape index (κ2) is 7.30. The van der Waals surface area contributed by atoms with Crippen molar-refractivity contribution in [2.45, 2.75) is 25.8 Å². The van der Waals surface area contributed by atoms with E-state index in [1.165, 1.54) is 42.7 Å². The lowest BCUT2D eigenvalue weighted by molar-refractivity contribution is -0.384. The predicted octanol–water partition coefficient (Wildman–Crippen LogP) is 3.25. The van der Waals surface area contributed by atoms with Crippen LogP contribution in [0.15, 0.2) is 24.3 Å². The molecule has 0 spiro atoms. The van der Waals surface area contributed by atoms with Crippen molar-refractivity contribution >= 4 is 34.1 Å². The Morgan fingerprint density at radius 2 is 1.88 bits per heavy atom. The number of aromatic nitrogens is 4. The lowest BCUT2D eigenvalue weighted by Crippen LogP contribution is -2.30. The maximum Gasteiger partial charge on any atom is 0.269 e. The molecule has 3 aromatic rings. The number of likely N-dealkylation sites (tertiary alicyclic amines) is 1. The maximum atomic E-state index is 10.7. The van der Waals surface area contributed by atoms with Crippen LogP contribution in [0.3, 0.4) is 0 Å². The van der Waals surface area contributed by atoms with Gasteiger partial charge in [0.25, 0.3) is 5.69 Å². The summed E-state index contributed by atoms with van der Waals surface area (Å²) in [6, 6.07) is 6.43. The zero-order chi connectivity index (χ0) is 17.9. The third-order valence-electron chi connectivity index (χ3n) is 4.41. The minimum Gasteiger partial charge on any atom is -0.296 e. The molecule has 1 aliphatic rings. The Hall–Kier alpha value is -2.65. The molecule has 8 nitrogen and oxygen atoms in total. The van der Waals surface area contributed by atoms with Gasteiger partial charge >= 0.3 is 0 Å². The Kier molecular flexibility index (Phi) is 4.72. The van der Waals surface area contributed by atoms with Crippen LogP contribution in [0.25, 0.3) is 17.1 Å². The number of nitrogens with zero attached hydrogens (tertiary/aromatic N) is 6. The third-order valence-corrected chi connectivity index (χ3v) is 5.27. The van der Waals surface area contributed by atoms with Crippen molar-refractivity contribution in [1.29, 1.82) is 0 Å². The van der Waals surface area contributed by atoms with E-state index < -0.39 is 4.92 Å². The molecule has 9 heteroatoms. The Morgan fingerprint density at radius 1 is 1.12 bits per heavy atom. The number of rotatable bonds is 5. The number of non-ortho nitro benzene ring substituents is 1. The molecule has 134 valence electrons. The van der Waals surface area contributed by atoms with Gasteiger partial charge in [0, 0.05) is 12.1 Å². The van der Waals surface area contributed by atoms with Crippen LogP contribution in [0.1, 0.15) is 35.7 Å². The largest absolute Gasteiger partial charge is 0.296 e. The van der Waals surface area contributed by atoms with Crippen molar-refractivity contribution in [2.24, 2.45) is 0 Å². The molecule has 0 bridgehead atoms. The van der Waals surface area contributed by atoms with E-state index >= 15 is 0 Å². The van der Waals surface area contributed by atoms with Crippen LogP contribution in [0.5, 0.6) is 0 Å². The number of hydrogen-bond donors (Lipinski definition) is 0. The van der Waals surface area contributed by atoms with Gasteiger partial charge in [-0.3, -0.25) is 15.0 Å². The fraction of sp³-hybridized carbons (Fsp3) is 0.353. The fourth-order valence-corrected chi connectivity index (χ4v) is 3.79. The summed E-state index contributed by atoms with van der Waals surface area (Å²) in [5.74, 6) is 0.869. The molecule has 0 saturated carbocycles. The van der Waals surface area contributed by atoms with Gasteiger partial charge in [0.2, 0.25) is 4.96 Å². The molecular weight excluding hydrogens is 352 g/mol. The standard InChI is InChI=1S/C17H18N6O2S/c24-23(25)14-7-4-13(5-8-14)6-9-16-20-22-15(18-19-17(22)26-16)12-21-10-2-1-3-11-21/h4-9H,1-3,10-12H2/b9-6+. The molecule has 0 amide bonds. The van der Waals surface area contributed by atoms with Gasteiger partial charge in [-0.2, -0.15) is 9.61 Å². The number of hydrogen-bond acceptors (Lipinski definition) is 7. The molecule has 1 saturated heterocycles.